The molecule has 4 heteroatoms. The molecule has 2 N–H and O–H groups in total. The zero-order chi connectivity index (χ0) is 15.2. The highest BCUT2D eigenvalue weighted by atomic mass is 79.9. The number of rotatable bonds is 6. The van der Waals surface area contributed by atoms with Crippen molar-refractivity contribution in [2.45, 2.75) is 32.4 Å². The highest BCUT2D eigenvalue weighted by molar-refractivity contribution is 9.10. The molecule has 0 aliphatic carbocycles. The van der Waals surface area contributed by atoms with E-state index in [4.69, 9.17) is 5.73 Å². The van der Waals surface area contributed by atoms with Crippen molar-refractivity contribution in [3.63, 3.8) is 0 Å². The van der Waals surface area contributed by atoms with Gasteiger partial charge in [0.2, 0.25) is 0 Å². The Morgan fingerprint density at radius 2 is 2.10 bits per heavy atom. The van der Waals surface area contributed by atoms with E-state index in [1.165, 1.54) is 11.3 Å². The van der Waals surface area contributed by atoms with Crippen LogP contribution in [0.15, 0.2) is 47.1 Å². The van der Waals surface area contributed by atoms with Gasteiger partial charge in [-0.05, 0) is 48.7 Å². The average Bonchev–Trinajstić information content (AvgIpc) is 2.48. The van der Waals surface area contributed by atoms with Crippen LogP contribution in [0.2, 0.25) is 0 Å². The number of hydrogen-bond donors (Lipinski definition) is 1. The third-order valence-electron chi connectivity index (χ3n) is 3.58. The number of anilines is 1. The predicted octanol–water partition coefficient (Wildman–Crippen LogP) is 3.76. The van der Waals surface area contributed by atoms with Crippen LogP contribution in [0.3, 0.4) is 0 Å². The Labute approximate surface area is 135 Å². The summed E-state index contributed by atoms with van der Waals surface area (Å²) in [6.07, 6.45) is 3.70. The standard InChI is InChI=1S/C17H22BrN3/c1-3-15(19)11-13-10-14(18)7-8-17(13)21(2)12-16-6-4-5-9-20-16/h4-10,15H,3,11-12,19H2,1-2H3. The first-order valence-corrected chi connectivity index (χ1v) is 8.04. The largest absolute Gasteiger partial charge is 0.368 e. The van der Waals surface area contributed by atoms with E-state index < -0.39 is 0 Å². The first-order chi connectivity index (χ1) is 10.1. The monoisotopic (exact) mass is 347 g/mol. The SMILES string of the molecule is CCC(N)Cc1cc(Br)ccc1N(C)Cc1ccccn1. The molecule has 1 aromatic heterocycles. The van der Waals surface area contributed by atoms with Gasteiger partial charge in [-0.2, -0.15) is 0 Å². The molecule has 0 spiro atoms. The van der Waals surface area contributed by atoms with Gasteiger partial charge in [0.05, 0.1) is 12.2 Å². The van der Waals surface area contributed by atoms with E-state index >= 15 is 0 Å². The lowest BCUT2D eigenvalue weighted by molar-refractivity contribution is 0.645. The summed E-state index contributed by atoms with van der Waals surface area (Å²) in [5.74, 6) is 0. The summed E-state index contributed by atoms with van der Waals surface area (Å²) in [4.78, 5) is 6.62. The van der Waals surface area contributed by atoms with E-state index in [0.717, 1.165) is 29.6 Å². The molecule has 3 nitrogen and oxygen atoms in total. The number of nitrogens with zero attached hydrogens (tertiary/aromatic N) is 2. The lowest BCUT2D eigenvalue weighted by Crippen LogP contribution is -2.24. The minimum atomic E-state index is 0.196. The van der Waals surface area contributed by atoms with Crippen molar-refractivity contribution in [3.8, 4) is 0 Å². The molecule has 0 bridgehead atoms. The van der Waals surface area contributed by atoms with Crippen LogP contribution in [-0.4, -0.2) is 18.1 Å². The lowest BCUT2D eigenvalue weighted by atomic mass is 10.0. The highest BCUT2D eigenvalue weighted by Crippen LogP contribution is 2.26. The second-order valence-corrected chi connectivity index (χ2v) is 6.24. The summed E-state index contributed by atoms with van der Waals surface area (Å²) < 4.78 is 1.09. The minimum absolute atomic E-state index is 0.196. The molecule has 1 heterocycles. The van der Waals surface area contributed by atoms with Gasteiger partial charge in [0, 0.05) is 29.4 Å². The molecule has 1 unspecified atom stereocenters. The summed E-state index contributed by atoms with van der Waals surface area (Å²) >= 11 is 3.55. The number of pyridine rings is 1. The Bertz CT molecular complexity index is 572. The Kier molecular flexibility index (Phi) is 5.76. The highest BCUT2D eigenvalue weighted by Gasteiger charge is 2.11. The second kappa shape index (κ2) is 7.57. The molecule has 2 aromatic rings. The van der Waals surface area contributed by atoms with Crippen molar-refractivity contribution in [1.29, 1.82) is 0 Å². The van der Waals surface area contributed by atoms with Gasteiger partial charge in [-0.1, -0.05) is 28.9 Å². The van der Waals surface area contributed by atoms with Crippen molar-refractivity contribution < 1.29 is 0 Å². The predicted molar refractivity (Wildman–Crippen MR) is 92.5 cm³/mol. The van der Waals surface area contributed by atoms with E-state index in [1.807, 2.05) is 24.4 Å². The third-order valence-corrected chi connectivity index (χ3v) is 4.08. The van der Waals surface area contributed by atoms with Crippen molar-refractivity contribution in [3.05, 3.63) is 58.3 Å². The normalized spacial score (nSPS) is 12.2. The van der Waals surface area contributed by atoms with Gasteiger partial charge in [-0.15, -0.1) is 0 Å². The maximum atomic E-state index is 6.13. The molecule has 0 aliphatic rings. The van der Waals surface area contributed by atoms with Gasteiger partial charge in [0.25, 0.3) is 0 Å². The van der Waals surface area contributed by atoms with Crippen LogP contribution in [0.1, 0.15) is 24.6 Å². The van der Waals surface area contributed by atoms with Crippen LogP contribution in [-0.2, 0) is 13.0 Å². The van der Waals surface area contributed by atoms with Gasteiger partial charge in [-0.3, -0.25) is 4.98 Å². The molecular weight excluding hydrogens is 326 g/mol. The number of nitrogens with two attached hydrogens (primary N) is 1. The minimum Gasteiger partial charge on any atom is -0.368 e. The summed E-state index contributed by atoms with van der Waals surface area (Å²) in [6, 6.07) is 12.6. The number of aromatic nitrogens is 1. The zero-order valence-corrected chi connectivity index (χ0v) is 14.2. The number of hydrogen-bond acceptors (Lipinski definition) is 3. The Morgan fingerprint density at radius 3 is 2.76 bits per heavy atom. The van der Waals surface area contributed by atoms with Crippen molar-refractivity contribution >= 4 is 21.6 Å². The third kappa shape index (κ3) is 4.55. The fraction of sp³-hybridized carbons (Fsp3) is 0.353. The van der Waals surface area contributed by atoms with Crippen LogP contribution < -0.4 is 10.6 Å². The topological polar surface area (TPSA) is 42.1 Å². The molecule has 0 radical (unpaired) electrons. The summed E-state index contributed by atoms with van der Waals surface area (Å²) in [6.45, 7) is 2.91. The van der Waals surface area contributed by atoms with E-state index in [9.17, 15) is 0 Å². The zero-order valence-electron chi connectivity index (χ0n) is 12.6. The van der Waals surface area contributed by atoms with Gasteiger partial charge in [0.15, 0.2) is 0 Å². The molecule has 0 aliphatic heterocycles. The molecule has 112 valence electrons. The molecule has 0 saturated heterocycles. The summed E-state index contributed by atoms with van der Waals surface area (Å²) in [7, 11) is 2.10. The quantitative estimate of drug-likeness (QED) is 0.864. The molecule has 1 aromatic carbocycles. The van der Waals surface area contributed by atoms with Crippen LogP contribution in [0.5, 0.6) is 0 Å². The van der Waals surface area contributed by atoms with Crippen LogP contribution in [0.25, 0.3) is 0 Å². The van der Waals surface area contributed by atoms with Crippen LogP contribution >= 0.6 is 15.9 Å². The first kappa shape index (κ1) is 16.0. The molecule has 2 rings (SSSR count). The Hall–Kier alpha value is -1.39. The fourth-order valence-electron chi connectivity index (χ4n) is 2.34. The second-order valence-electron chi connectivity index (χ2n) is 5.32. The molecule has 0 saturated carbocycles. The van der Waals surface area contributed by atoms with Crippen molar-refractivity contribution in [2.75, 3.05) is 11.9 Å². The molecule has 21 heavy (non-hydrogen) atoms. The Balaban J connectivity index is 2.21. The molecule has 1 atom stereocenters. The molecule has 0 fully saturated rings. The van der Waals surface area contributed by atoms with Gasteiger partial charge < -0.3 is 10.6 Å². The Morgan fingerprint density at radius 1 is 1.29 bits per heavy atom. The average molecular weight is 348 g/mol. The van der Waals surface area contributed by atoms with Crippen molar-refractivity contribution in [2.24, 2.45) is 5.73 Å². The fourth-order valence-corrected chi connectivity index (χ4v) is 2.75. The van der Waals surface area contributed by atoms with Gasteiger partial charge in [0.1, 0.15) is 0 Å². The summed E-state index contributed by atoms with van der Waals surface area (Å²) in [5, 5.41) is 0. The van der Waals surface area contributed by atoms with Gasteiger partial charge >= 0.3 is 0 Å². The van der Waals surface area contributed by atoms with E-state index in [-0.39, 0.29) is 6.04 Å². The van der Waals surface area contributed by atoms with E-state index in [1.54, 1.807) is 0 Å². The van der Waals surface area contributed by atoms with Gasteiger partial charge in [-0.25, -0.2) is 0 Å². The van der Waals surface area contributed by atoms with E-state index in [0.29, 0.717) is 0 Å². The molecule has 0 amide bonds. The lowest BCUT2D eigenvalue weighted by Gasteiger charge is -2.23. The van der Waals surface area contributed by atoms with Crippen LogP contribution in [0.4, 0.5) is 5.69 Å². The number of halogens is 1. The van der Waals surface area contributed by atoms with Crippen LogP contribution in [0, 0.1) is 0 Å². The van der Waals surface area contributed by atoms with E-state index in [2.05, 4.69) is 58.0 Å². The maximum absolute atomic E-state index is 6.13. The smallest absolute Gasteiger partial charge is 0.0598 e. The number of benzene rings is 1. The summed E-state index contributed by atoms with van der Waals surface area (Å²) in [5.41, 5.74) is 9.68. The maximum Gasteiger partial charge on any atom is 0.0598 e. The molecular formula is C17H22BrN3. The first-order valence-electron chi connectivity index (χ1n) is 7.25. The van der Waals surface area contributed by atoms with Crippen molar-refractivity contribution in [1.82, 2.24) is 4.98 Å².